The Morgan fingerprint density at radius 3 is 2.63 bits per heavy atom. The Morgan fingerprint density at radius 2 is 2.11 bits per heavy atom. The number of carbonyl (C=O) groups is 2. The molecule has 0 bridgehead atoms. The summed E-state index contributed by atoms with van der Waals surface area (Å²) < 4.78 is 4.76. The maximum absolute atomic E-state index is 11.6. The zero-order valence-corrected chi connectivity index (χ0v) is 11.2. The zero-order chi connectivity index (χ0) is 14.5. The van der Waals surface area contributed by atoms with Crippen molar-refractivity contribution >= 4 is 12.0 Å². The lowest BCUT2D eigenvalue weighted by molar-refractivity contribution is -0.137. The third-order valence-electron chi connectivity index (χ3n) is 2.39. The van der Waals surface area contributed by atoms with Crippen molar-refractivity contribution in [1.82, 2.24) is 20.8 Å². The van der Waals surface area contributed by atoms with Crippen LogP contribution in [0.5, 0.6) is 0 Å². The van der Waals surface area contributed by atoms with Crippen molar-refractivity contribution in [2.45, 2.75) is 45.7 Å². The van der Waals surface area contributed by atoms with Crippen LogP contribution in [0.2, 0.25) is 0 Å². The molecule has 0 aromatic carbocycles. The number of nitrogens with zero attached hydrogens (tertiary/aromatic N) is 2. The molecule has 3 N–H and O–H groups in total. The number of nitrogens with one attached hydrogen (secondary N) is 2. The van der Waals surface area contributed by atoms with Crippen molar-refractivity contribution < 1.29 is 19.2 Å². The minimum Gasteiger partial charge on any atom is -0.481 e. The number of carbonyl (C=O) groups excluding carboxylic acids is 1. The fourth-order valence-electron chi connectivity index (χ4n) is 1.41. The molecule has 0 spiro atoms. The second kappa shape index (κ2) is 6.17. The van der Waals surface area contributed by atoms with Crippen molar-refractivity contribution in [3.8, 4) is 0 Å². The van der Waals surface area contributed by atoms with E-state index in [0.717, 1.165) is 0 Å². The van der Waals surface area contributed by atoms with Gasteiger partial charge >= 0.3 is 12.0 Å². The molecule has 0 unspecified atom stereocenters. The van der Waals surface area contributed by atoms with Gasteiger partial charge in [-0.2, -0.15) is 4.98 Å². The summed E-state index contributed by atoms with van der Waals surface area (Å²) in [6, 6.07) is -0.405. The predicted molar refractivity (Wildman–Crippen MR) is 65.4 cm³/mol. The Morgan fingerprint density at radius 1 is 1.42 bits per heavy atom. The number of carboxylic acids is 1. The van der Waals surface area contributed by atoms with Crippen LogP contribution in [0.15, 0.2) is 4.52 Å². The Balaban J connectivity index is 2.35. The average molecular weight is 270 g/mol. The highest BCUT2D eigenvalue weighted by atomic mass is 16.5. The molecule has 1 aromatic rings. The molecule has 0 aliphatic heterocycles. The van der Waals surface area contributed by atoms with Crippen LogP contribution in [0.25, 0.3) is 0 Å². The van der Waals surface area contributed by atoms with E-state index in [1.54, 1.807) is 20.8 Å². The molecule has 0 fully saturated rings. The van der Waals surface area contributed by atoms with Gasteiger partial charge in [0.25, 0.3) is 0 Å². The van der Waals surface area contributed by atoms with E-state index < -0.39 is 17.5 Å². The number of amides is 2. The van der Waals surface area contributed by atoms with Crippen molar-refractivity contribution in [2.75, 3.05) is 0 Å². The monoisotopic (exact) mass is 270 g/mol. The summed E-state index contributed by atoms with van der Waals surface area (Å²) in [6.45, 7) is 5.33. The van der Waals surface area contributed by atoms with Gasteiger partial charge in [-0.3, -0.25) is 4.79 Å². The van der Waals surface area contributed by atoms with Crippen LogP contribution >= 0.6 is 0 Å². The normalized spacial score (nSPS) is 11.1. The third kappa shape index (κ3) is 5.84. The molecule has 1 aromatic heterocycles. The van der Waals surface area contributed by atoms with Gasteiger partial charge in [-0.25, -0.2) is 4.79 Å². The van der Waals surface area contributed by atoms with Gasteiger partial charge in [0.2, 0.25) is 5.89 Å². The maximum Gasteiger partial charge on any atom is 0.315 e. The minimum absolute atomic E-state index is 0.00266. The van der Waals surface area contributed by atoms with Crippen molar-refractivity contribution in [3.05, 3.63) is 11.7 Å². The van der Waals surface area contributed by atoms with E-state index in [9.17, 15) is 9.59 Å². The largest absolute Gasteiger partial charge is 0.481 e. The van der Waals surface area contributed by atoms with Crippen LogP contribution in [0.4, 0.5) is 4.79 Å². The van der Waals surface area contributed by atoms with E-state index in [4.69, 9.17) is 9.63 Å². The van der Waals surface area contributed by atoms with E-state index in [-0.39, 0.29) is 13.0 Å². The van der Waals surface area contributed by atoms with E-state index >= 15 is 0 Å². The molecule has 0 radical (unpaired) electrons. The first-order valence-electron chi connectivity index (χ1n) is 5.85. The van der Waals surface area contributed by atoms with Gasteiger partial charge in [0.05, 0.1) is 6.54 Å². The molecule has 0 atom stereocenters. The Hall–Kier alpha value is -2.12. The predicted octanol–water partition coefficient (Wildman–Crippen LogP) is 0.821. The van der Waals surface area contributed by atoms with E-state index in [1.165, 1.54) is 0 Å². The lowest BCUT2D eigenvalue weighted by atomic mass is 9.99. The molecular formula is C11H18N4O4. The highest BCUT2D eigenvalue weighted by molar-refractivity contribution is 5.74. The van der Waals surface area contributed by atoms with Crippen LogP contribution in [0.3, 0.4) is 0 Å². The molecule has 0 aliphatic rings. The first-order chi connectivity index (χ1) is 8.78. The van der Waals surface area contributed by atoms with Gasteiger partial charge in [0.15, 0.2) is 5.82 Å². The lowest BCUT2D eigenvalue weighted by Gasteiger charge is -2.25. The molecule has 2 amide bonds. The van der Waals surface area contributed by atoms with Gasteiger partial charge in [-0.15, -0.1) is 0 Å². The molecule has 0 saturated carbocycles. The molecule has 19 heavy (non-hydrogen) atoms. The summed E-state index contributed by atoms with van der Waals surface area (Å²) >= 11 is 0. The summed E-state index contributed by atoms with van der Waals surface area (Å²) in [4.78, 5) is 26.1. The summed E-state index contributed by atoms with van der Waals surface area (Å²) in [6.07, 6.45) is 0.342. The number of hydrogen-bond donors (Lipinski definition) is 3. The van der Waals surface area contributed by atoms with Gasteiger partial charge in [-0.05, 0) is 20.3 Å². The second-order valence-corrected chi connectivity index (χ2v) is 4.81. The van der Waals surface area contributed by atoms with Crippen molar-refractivity contribution in [3.63, 3.8) is 0 Å². The number of carboxylic acid groups (broad SMARTS) is 1. The fraction of sp³-hybridized carbons (Fsp3) is 0.636. The van der Waals surface area contributed by atoms with Crippen molar-refractivity contribution in [2.24, 2.45) is 0 Å². The number of urea groups is 1. The Kier molecular flexibility index (Phi) is 4.85. The summed E-state index contributed by atoms with van der Waals surface area (Å²) in [5, 5.41) is 17.5. The van der Waals surface area contributed by atoms with Crippen molar-refractivity contribution in [1.29, 1.82) is 0 Å². The average Bonchev–Trinajstić information content (AvgIpc) is 2.69. The topological polar surface area (TPSA) is 117 Å². The summed E-state index contributed by atoms with van der Waals surface area (Å²) in [7, 11) is 0. The molecule has 0 saturated heterocycles. The number of hydrogen-bond acceptors (Lipinski definition) is 5. The lowest BCUT2D eigenvalue weighted by Crippen LogP contribution is -2.48. The van der Waals surface area contributed by atoms with Crippen LogP contribution in [0.1, 0.15) is 38.4 Å². The summed E-state index contributed by atoms with van der Waals surface area (Å²) in [5.74, 6) is -0.0763. The van der Waals surface area contributed by atoms with E-state index in [0.29, 0.717) is 18.1 Å². The Bertz CT molecular complexity index is 455. The smallest absolute Gasteiger partial charge is 0.315 e. The van der Waals surface area contributed by atoms with E-state index in [1.807, 2.05) is 0 Å². The van der Waals surface area contributed by atoms with Crippen LogP contribution in [-0.2, 0) is 11.3 Å². The van der Waals surface area contributed by atoms with Gasteiger partial charge in [0, 0.05) is 18.9 Å². The van der Waals surface area contributed by atoms with Crippen LogP contribution < -0.4 is 10.6 Å². The van der Waals surface area contributed by atoms with Crippen LogP contribution in [-0.4, -0.2) is 32.8 Å². The van der Waals surface area contributed by atoms with Gasteiger partial charge in [0.1, 0.15) is 0 Å². The number of aromatic nitrogens is 2. The highest BCUT2D eigenvalue weighted by Crippen LogP contribution is 2.10. The first-order valence-corrected chi connectivity index (χ1v) is 5.85. The number of aliphatic carboxylic acids is 1. The SMILES string of the molecule is Cc1nc(CNC(=O)NC(C)(C)CCC(=O)O)no1. The molecular weight excluding hydrogens is 252 g/mol. The molecule has 106 valence electrons. The van der Waals surface area contributed by atoms with Crippen LogP contribution in [0, 0.1) is 6.92 Å². The van der Waals surface area contributed by atoms with Gasteiger partial charge in [-0.1, -0.05) is 5.16 Å². The molecule has 0 aliphatic carbocycles. The maximum atomic E-state index is 11.6. The molecule has 1 rings (SSSR count). The molecule has 1 heterocycles. The fourth-order valence-corrected chi connectivity index (χ4v) is 1.41. The minimum atomic E-state index is -0.891. The molecule has 8 heteroatoms. The number of aryl methyl sites for hydroxylation is 1. The standard InChI is InChI=1S/C11H18N4O4/c1-7-13-8(15-19-7)6-12-10(18)14-11(2,3)5-4-9(16)17/h4-6H2,1-3H3,(H,16,17)(H2,12,14,18). The quantitative estimate of drug-likeness (QED) is 0.704. The Labute approximate surface area is 110 Å². The zero-order valence-electron chi connectivity index (χ0n) is 11.2. The van der Waals surface area contributed by atoms with E-state index in [2.05, 4.69) is 20.8 Å². The first kappa shape index (κ1) is 14.9. The van der Waals surface area contributed by atoms with Gasteiger partial charge < -0.3 is 20.3 Å². The second-order valence-electron chi connectivity index (χ2n) is 4.81. The summed E-state index contributed by atoms with van der Waals surface area (Å²) in [5.41, 5.74) is -0.602. The molecule has 8 nitrogen and oxygen atoms in total. The highest BCUT2D eigenvalue weighted by Gasteiger charge is 2.21. The third-order valence-corrected chi connectivity index (χ3v) is 2.39. The number of rotatable bonds is 6.